The minimum atomic E-state index is 0.133. The Morgan fingerprint density at radius 1 is 1.13 bits per heavy atom. The molecule has 1 aromatic carbocycles. The van der Waals surface area contributed by atoms with Crippen molar-refractivity contribution >= 4 is 16.6 Å². The molecule has 1 saturated carbocycles. The van der Waals surface area contributed by atoms with Crippen molar-refractivity contribution in [1.29, 1.82) is 0 Å². The third kappa shape index (κ3) is 4.35. The van der Waals surface area contributed by atoms with Crippen LogP contribution in [-0.4, -0.2) is 15.8 Å². The summed E-state index contributed by atoms with van der Waals surface area (Å²) in [5.74, 6) is 1.51. The van der Waals surface area contributed by atoms with Gasteiger partial charge in [-0.1, -0.05) is 24.3 Å². The van der Waals surface area contributed by atoms with E-state index in [0.29, 0.717) is 18.3 Å². The monoisotopic (exact) mass is 398 g/mol. The van der Waals surface area contributed by atoms with Crippen LogP contribution in [0, 0.1) is 25.7 Å². The molecule has 0 unspecified atom stereocenters. The van der Waals surface area contributed by atoms with E-state index in [1.54, 1.807) is 6.20 Å². The molecule has 0 amide bonds. The van der Waals surface area contributed by atoms with Crippen molar-refractivity contribution in [1.82, 2.24) is 9.97 Å². The zero-order valence-corrected chi connectivity index (χ0v) is 18.0. The van der Waals surface area contributed by atoms with Gasteiger partial charge in [0, 0.05) is 41.2 Å². The molecule has 3 heteroatoms. The van der Waals surface area contributed by atoms with E-state index in [1.165, 1.54) is 36.9 Å². The SMILES string of the molecule is C=CC1CCC(Cc2ncc3ccc(C(=O)Cc4cccnc4C)cc3c2C)CC1. The van der Waals surface area contributed by atoms with E-state index in [2.05, 4.69) is 30.6 Å². The molecule has 0 aliphatic heterocycles. The maximum Gasteiger partial charge on any atom is 0.167 e. The van der Waals surface area contributed by atoms with Gasteiger partial charge in [-0.15, -0.1) is 6.58 Å². The van der Waals surface area contributed by atoms with E-state index in [4.69, 9.17) is 4.98 Å². The molecule has 0 N–H and O–H groups in total. The predicted molar refractivity (Wildman–Crippen MR) is 123 cm³/mol. The summed E-state index contributed by atoms with van der Waals surface area (Å²) in [6, 6.07) is 9.88. The van der Waals surface area contributed by atoms with Gasteiger partial charge < -0.3 is 0 Å². The Labute approximate surface area is 179 Å². The van der Waals surface area contributed by atoms with Crippen LogP contribution in [0.5, 0.6) is 0 Å². The fourth-order valence-electron chi connectivity index (χ4n) is 4.65. The molecular formula is C27H30N2O. The highest BCUT2D eigenvalue weighted by Crippen LogP contribution is 2.32. The standard InChI is InChI=1S/C27H30N2O/c1-4-20-7-9-21(10-8-20)14-26-18(2)25-15-23(11-12-24(25)17-29-26)27(30)16-22-6-5-13-28-19(22)3/h4-6,11-13,15,17,20-21H,1,7-10,14,16H2,2-3H3. The summed E-state index contributed by atoms with van der Waals surface area (Å²) in [6.07, 6.45) is 12.2. The Kier molecular flexibility index (Phi) is 6.08. The molecule has 2 heterocycles. The number of carbonyl (C=O) groups excluding carboxylic acids is 1. The van der Waals surface area contributed by atoms with Crippen LogP contribution in [0.25, 0.3) is 10.8 Å². The van der Waals surface area contributed by atoms with E-state index in [1.807, 2.05) is 37.4 Å². The topological polar surface area (TPSA) is 42.9 Å². The van der Waals surface area contributed by atoms with Gasteiger partial charge in [0.15, 0.2) is 5.78 Å². The number of hydrogen-bond donors (Lipinski definition) is 0. The molecule has 154 valence electrons. The predicted octanol–water partition coefficient (Wildman–Crippen LogP) is 6.21. The van der Waals surface area contributed by atoms with Crippen LogP contribution in [0.3, 0.4) is 0 Å². The molecule has 2 aromatic heterocycles. The molecule has 1 aliphatic carbocycles. The Bertz CT molecular complexity index is 1080. The first-order valence-electron chi connectivity index (χ1n) is 11.0. The van der Waals surface area contributed by atoms with E-state index in [9.17, 15) is 4.79 Å². The molecule has 30 heavy (non-hydrogen) atoms. The van der Waals surface area contributed by atoms with Crippen LogP contribution in [0.4, 0.5) is 0 Å². The molecule has 0 atom stereocenters. The number of ketones is 1. The van der Waals surface area contributed by atoms with Gasteiger partial charge >= 0.3 is 0 Å². The quantitative estimate of drug-likeness (QED) is 0.366. The number of nitrogens with zero attached hydrogens (tertiary/aromatic N) is 2. The van der Waals surface area contributed by atoms with E-state index >= 15 is 0 Å². The van der Waals surface area contributed by atoms with Crippen molar-refractivity contribution in [2.45, 2.75) is 52.4 Å². The number of benzene rings is 1. The minimum absolute atomic E-state index is 0.133. The van der Waals surface area contributed by atoms with Gasteiger partial charge in [-0.3, -0.25) is 14.8 Å². The molecule has 0 spiro atoms. The second kappa shape index (κ2) is 8.91. The summed E-state index contributed by atoms with van der Waals surface area (Å²) in [6.45, 7) is 8.06. The van der Waals surface area contributed by atoms with Gasteiger partial charge in [0.2, 0.25) is 0 Å². The largest absolute Gasteiger partial charge is 0.294 e. The van der Waals surface area contributed by atoms with Crippen molar-refractivity contribution in [3.8, 4) is 0 Å². The number of pyridine rings is 2. The molecule has 3 aromatic rings. The summed E-state index contributed by atoms with van der Waals surface area (Å²) in [5, 5.41) is 2.24. The molecule has 1 fully saturated rings. The average Bonchev–Trinajstić information content (AvgIpc) is 2.77. The second-order valence-corrected chi connectivity index (χ2v) is 8.70. The van der Waals surface area contributed by atoms with Crippen LogP contribution in [-0.2, 0) is 12.8 Å². The number of aryl methyl sites for hydroxylation is 2. The van der Waals surface area contributed by atoms with Crippen LogP contribution in [0.1, 0.15) is 58.6 Å². The van der Waals surface area contributed by atoms with Gasteiger partial charge in [-0.25, -0.2) is 0 Å². The Morgan fingerprint density at radius 3 is 2.67 bits per heavy atom. The minimum Gasteiger partial charge on any atom is -0.294 e. The number of rotatable bonds is 6. The lowest BCUT2D eigenvalue weighted by molar-refractivity contribution is 0.0993. The summed E-state index contributed by atoms with van der Waals surface area (Å²) in [4.78, 5) is 22.0. The Hall–Kier alpha value is -2.81. The maximum absolute atomic E-state index is 12.9. The van der Waals surface area contributed by atoms with Gasteiger partial charge in [-0.05, 0) is 86.4 Å². The molecule has 3 nitrogen and oxygen atoms in total. The lowest BCUT2D eigenvalue weighted by atomic mass is 9.79. The molecule has 1 aliphatic rings. The van der Waals surface area contributed by atoms with Crippen LogP contribution >= 0.6 is 0 Å². The average molecular weight is 399 g/mol. The van der Waals surface area contributed by atoms with E-state index in [-0.39, 0.29) is 5.78 Å². The highest BCUT2D eigenvalue weighted by Gasteiger charge is 2.21. The molecule has 0 saturated heterocycles. The molecule has 0 bridgehead atoms. The maximum atomic E-state index is 12.9. The number of hydrogen-bond acceptors (Lipinski definition) is 3. The number of allylic oxidation sites excluding steroid dienone is 1. The van der Waals surface area contributed by atoms with E-state index < -0.39 is 0 Å². The fraction of sp³-hybridized carbons (Fsp3) is 0.370. The van der Waals surface area contributed by atoms with Crippen LogP contribution < -0.4 is 0 Å². The van der Waals surface area contributed by atoms with Crippen LogP contribution in [0.15, 0.2) is 55.4 Å². The van der Waals surface area contributed by atoms with Crippen molar-refractivity contribution in [2.24, 2.45) is 11.8 Å². The fourth-order valence-corrected chi connectivity index (χ4v) is 4.65. The smallest absolute Gasteiger partial charge is 0.167 e. The summed E-state index contributed by atoms with van der Waals surface area (Å²) in [7, 11) is 0. The van der Waals surface area contributed by atoms with Crippen molar-refractivity contribution in [3.05, 3.63) is 83.5 Å². The number of carbonyl (C=O) groups is 1. The molecule has 4 rings (SSSR count). The summed E-state index contributed by atoms with van der Waals surface area (Å²) >= 11 is 0. The second-order valence-electron chi connectivity index (χ2n) is 8.70. The first-order valence-corrected chi connectivity index (χ1v) is 11.0. The van der Waals surface area contributed by atoms with Gasteiger partial charge in [0.1, 0.15) is 0 Å². The number of fused-ring (bicyclic) bond motifs is 1. The summed E-state index contributed by atoms with van der Waals surface area (Å²) in [5.41, 5.74) is 5.06. The third-order valence-electron chi connectivity index (χ3n) is 6.75. The zero-order chi connectivity index (χ0) is 21.1. The number of aromatic nitrogens is 2. The molecule has 0 radical (unpaired) electrons. The van der Waals surface area contributed by atoms with Crippen LogP contribution in [0.2, 0.25) is 0 Å². The lowest BCUT2D eigenvalue weighted by Gasteiger charge is -2.26. The van der Waals surface area contributed by atoms with Crippen molar-refractivity contribution in [3.63, 3.8) is 0 Å². The van der Waals surface area contributed by atoms with Gasteiger partial charge in [0.25, 0.3) is 0 Å². The number of Topliss-reactive ketones (excluding diaryl/α,β-unsaturated/α-hetero) is 1. The van der Waals surface area contributed by atoms with Gasteiger partial charge in [-0.2, -0.15) is 0 Å². The normalized spacial score (nSPS) is 19.0. The first-order chi connectivity index (χ1) is 14.5. The Morgan fingerprint density at radius 2 is 1.93 bits per heavy atom. The summed E-state index contributed by atoms with van der Waals surface area (Å²) < 4.78 is 0. The highest BCUT2D eigenvalue weighted by molar-refractivity contribution is 6.01. The lowest BCUT2D eigenvalue weighted by Crippen LogP contribution is -2.16. The first kappa shape index (κ1) is 20.5. The zero-order valence-electron chi connectivity index (χ0n) is 18.0. The van der Waals surface area contributed by atoms with E-state index in [0.717, 1.165) is 34.0 Å². The van der Waals surface area contributed by atoms with Crippen molar-refractivity contribution in [2.75, 3.05) is 0 Å². The highest BCUT2D eigenvalue weighted by atomic mass is 16.1. The molecular weight excluding hydrogens is 368 g/mol. The third-order valence-corrected chi connectivity index (χ3v) is 6.75. The Balaban J connectivity index is 1.56. The van der Waals surface area contributed by atoms with Crippen molar-refractivity contribution < 1.29 is 4.79 Å². The van der Waals surface area contributed by atoms with Gasteiger partial charge in [0.05, 0.1) is 0 Å².